The molecule has 2 aromatic heterocycles. The molecule has 0 radical (unpaired) electrons. The molecule has 0 saturated carbocycles. The second-order valence-electron chi connectivity index (χ2n) is 9.46. The number of nitrogens with zero attached hydrogens (tertiary/aromatic N) is 5. The Kier molecular flexibility index (Phi) is 6.92. The van der Waals surface area contributed by atoms with Gasteiger partial charge in [-0.05, 0) is 73.5 Å². The van der Waals surface area contributed by atoms with Crippen LogP contribution in [0.2, 0.25) is 0 Å². The molecule has 0 aliphatic carbocycles. The number of fused-ring (bicyclic) bond motifs is 1. The third kappa shape index (κ3) is 4.99. The molecular formula is C25H32N6O4. The third-order valence-electron chi connectivity index (χ3n) is 7.04. The number of carbonyl (C=O) groups is 1. The first-order valence-corrected chi connectivity index (χ1v) is 12.5. The van der Waals surface area contributed by atoms with Crippen molar-refractivity contribution in [3.63, 3.8) is 0 Å². The zero-order chi connectivity index (χ0) is 24.4. The number of rotatable bonds is 7. The molecule has 2 saturated heterocycles. The molecule has 0 bridgehead atoms. The predicted octanol–water partition coefficient (Wildman–Crippen LogP) is 2.37. The molecule has 2 aliphatic heterocycles. The van der Waals surface area contributed by atoms with Crippen molar-refractivity contribution in [1.82, 2.24) is 30.1 Å². The lowest BCUT2D eigenvalue weighted by Crippen LogP contribution is -2.42. The number of hydrogen-bond acceptors (Lipinski definition) is 8. The summed E-state index contributed by atoms with van der Waals surface area (Å²) in [5.41, 5.74) is 2.35. The molecule has 5 rings (SSSR count). The maximum atomic E-state index is 13.4. The van der Waals surface area contributed by atoms with Gasteiger partial charge in [-0.15, -0.1) is 5.10 Å². The fourth-order valence-electron chi connectivity index (χ4n) is 5.22. The number of H-pyrrole nitrogens is 1. The second kappa shape index (κ2) is 10.2. The van der Waals surface area contributed by atoms with Crippen LogP contribution in [0.1, 0.15) is 55.6 Å². The fourth-order valence-corrected chi connectivity index (χ4v) is 5.22. The van der Waals surface area contributed by atoms with Gasteiger partial charge < -0.3 is 14.5 Å². The number of pyridine rings is 1. The van der Waals surface area contributed by atoms with Crippen LogP contribution in [0.4, 0.5) is 0 Å². The van der Waals surface area contributed by atoms with Gasteiger partial charge >= 0.3 is 5.97 Å². The summed E-state index contributed by atoms with van der Waals surface area (Å²) in [5, 5.41) is 13.6. The molecule has 1 N–H and O–H groups in total. The highest BCUT2D eigenvalue weighted by molar-refractivity contribution is 5.79. The van der Waals surface area contributed by atoms with Crippen molar-refractivity contribution in [3.8, 4) is 0 Å². The molecule has 2 fully saturated rings. The van der Waals surface area contributed by atoms with E-state index in [2.05, 4.69) is 31.5 Å². The van der Waals surface area contributed by atoms with Gasteiger partial charge in [0.2, 0.25) is 0 Å². The standard InChI is InChI=1S/C25H32N6O4/c1-3-34-25(33)17-8-10-30(11-9-17)22(23-27-28-29-31(23)15-19-5-4-12-35-19)20-14-18-13-16(2)6-7-21(18)26-24(20)32/h6-7,13-14,17,19,22H,3-5,8-12,15H2,1-2H3,(H,26,32)/t19-,22+/m1/s1. The van der Waals surface area contributed by atoms with Crippen molar-refractivity contribution in [2.75, 3.05) is 26.3 Å². The number of likely N-dealkylation sites (tertiary alicyclic amines) is 1. The molecule has 186 valence electrons. The van der Waals surface area contributed by atoms with Crippen LogP contribution in [0, 0.1) is 12.8 Å². The van der Waals surface area contributed by atoms with Crippen molar-refractivity contribution in [1.29, 1.82) is 0 Å². The van der Waals surface area contributed by atoms with Crippen LogP contribution in [0.25, 0.3) is 10.9 Å². The molecule has 4 heterocycles. The van der Waals surface area contributed by atoms with E-state index in [0.29, 0.717) is 50.5 Å². The summed E-state index contributed by atoms with van der Waals surface area (Å²) in [5.74, 6) is 0.339. The lowest BCUT2D eigenvalue weighted by atomic mass is 9.93. The fraction of sp³-hybridized carbons (Fsp3) is 0.560. The maximum Gasteiger partial charge on any atom is 0.309 e. The van der Waals surface area contributed by atoms with Crippen molar-refractivity contribution in [2.24, 2.45) is 5.92 Å². The Balaban J connectivity index is 1.52. The lowest BCUT2D eigenvalue weighted by Gasteiger charge is -2.36. The van der Waals surface area contributed by atoms with Gasteiger partial charge in [0.15, 0.2) is 5.82 Å². The van der Waals surface area contributed by atoms with E-state index < -0.39 is 6.04 Å². The number of aromatic nitrogens is 5. The smallest absolute Gasteiger partial charge is 0.309 e. The Labute approximate surface area is 203 Å². The van der Waals surface area contributed by atoms with E-state index in [1.807, 2.05) is 32.0 Å². The van der Waals surface area contributed by atoms with E-state index in [1.54, 1.807) is 4.68 Å². The number of piperidine rings is 1. The topological polar surface area (TPSA) is 115 Å². The number of esters is 1. The second-order valence-corrected chi connectivity index (χ2v) is 9.46. The van der Waals surface area contributed by atoms with Crippen molar-refractivity contribution in [2.45, 2.75) is 58.2 Å². The number of ether oxygens (including phenoxy) is 2. The molecule has 10 heteroatoms. The molecule has 10 nitrogen and oxygen atoms in total. The molecule has 0 amide bonds. The zero-order valence-electron chi connectivity index (χ0n) is 20.3. The van der Waals surface area contributed by atoms with Gasteiger partial charge in [0.05, 0.1) is 25.2 Å². The summed E-state index contributed by atoms with van der Waals surface area (Å²) in [6, 6.07) is 7.49. The monoisotopic (exact) mass is 480 g/mol. The number of benzene rings is 1. The molecule has 2 aliphatic rings. The summed E-state index contributed by atoms with van der Waals surface area (Å²) in [4.78, 5) is 30.9. The SMILES string of the molecule is CCOC(=O)C1CCN([C@@H](c2cc3cc(C)ccc3[nH]c2=O)c2nnnn2C[C@H]2CCCO2)CC1. The van der Waals surface area contributed by atoms with E-state index >= 15 is 0 Å². The first kappa shape index (κ1) is 23.6. The Bertz CT molecular complexity index is 1240. The number of aromatic amines is 1. The average Bonchev–Trinajstić information content (AvgIpc) is 3.53. The quantitative estimate of drug-likeness (QED) is 0.513. The van der Waals surface area contributed by atoms with E-state index in [0.717, 1.165) is 35.9 Å². The molecule has 2 atom stereocenters. The van der Waals surface area contributed by atoms with Crippen molar-refractivity contribution >= 4 is 16.9 Å². The van der Waals surface area contributed by atoms with Crippen LogP contribution in [-0.2, 0) is 20.8 Å². The Morgan fingerprint density at radius 1 is 1.26 bits per heavy atom. The van der Waals surface area contributed by atoms with Crippen LogP contribution < -0.4 is 5.56 Å². The highest BCUT2D eigenvalue weighted by Crippen LogP contribution is 2.32. The van der Waals surface area contributed by atoms with Gasteiger partial charge in [0, 0.05) is 30.8 Å². The minimum atomic E-state index is -0.441. The summed E-state index contributed by atoms with van der Waals surface area (Å²) >= 11 is 0. The highest BCUT2D eigenvalue weighted by Gasteiger charge is 2.35. The predicted molar refractivity (Wildman–Crippen MR) is 129 cm³/mol. The summed E-state index contributed by atoms with van der Waals surface area (Å²) in [7, 11) is 0. The third-order valence-corrected chi connectivity index (χ3v) is 7.04. The number of carbonyl (C=O) groups excluding carboxylic acids is 1. The van der Waals surface area contributed by atoms with E-state index in [9.17, 15) is 9.59 Å². The number of nitrogens with one attached hydrogen (secondary N) is 1. The van der Waals surface area contributed by atoms with Crippen molar-refractivity contribution < 1.29 is 14.3 Å². The van der Waals surface area contributed by atoms with Gasteiger partial charge in [-0.1, -0.05) is 11.6 Å². The first-order chi connectivity index (χ1) is 17.0. The highest BCUT2D eigenvalue weighted by atomic mass is 16.5. The summed E-state index contributed by atoms with van der Waals surface area (Å²) < 4.78 is 12.8. The van der Waals surface area contributed by atoms with Gasteiger partial charge in [0.1, 0.15) is 6.04 Å². The van der Waals surface area contributed by atoms with Crippen molar-refractivity contribution in [3.05, 3.63) is 51.6 Å². The number of hydrogen-bond donors (Lipinski definition) is 1. The molecule has 0 unspecified atom stereocenters. The van der Waals surface area contributed by atoms with Gasteiger partial charge in [-0.2, -0.15) is 0 Å². The van der Waals surface area contributed by atoms with E-state index in [4.69, 9.17) is 9.47 Å². The number of aryl methyl sites for hydroxylation is 1. The maximum absolute atomic E-state index is 13.4. The van der Waals surface area contributed by atoms with Gasteiger partial charge in [-0.3, -0.25) is 14.5 Å². The van der Waals surface area contributed by atoms with Gasteiger partial charge in [-0.25, -0.2) is 4.68 Å². The molecule has 1 aromatic carbocycles. The van der Waals surface area contributed by atoms with Crippen LogP contribution in [0.5, 0.6) is 0 Å². The minimum absolute atomic E-state index is 0.0602. The zero-order valence-corrected chi connectivity index (χ0v) is 20.3. The Hall–Kier alpha value is -3.11. The Morgan fingerprint density at radius 2 is 2.09 bits per heavy atom. The Morgan fingerprint density at radius 3 is 2.83 bits per heavy atom. The molecular weight excluding hydrogens is 448 g/mol. The molecule has 3 aromatic rings. The molecule has 35 heavy (non-hydrogen) atoms. The summed E-state index contributed by atoms with van der Waals surface area (Å²) in [6.45, 7) is 6.79. The number of tetrazole rings is 1. The van der Waals surface area contributed by atoms with E-state index in [-0.39, 0.29) is 23.6 Å². The summed E-state index contributed by atoms with van der Waals surface area (Å²) in [6.07, 6.45) is 3.37. The van der Waals surface area contributed by atoms with E-state index in [1.165, 1.54) is 0 Å². The first-order valence-electron chi connectivity index (χ1n) is 12.5. The normalized spacial score (nSPS) is 20.3. The minimum Gasteiger partial charge on any atom is -0.466 e. The largest absolute Gasteiger partial charge is 0.466 e. The van der Waals surface area contributed by atoms with Crippen LogP contribution >= 0.6 is 0 Å². The molecule has 0 spiro atoms. The van der Waals surface area contributed by atoms with Crippen LogP contribution in [0.3, 0.4) is 0 Å². The van der Waals surface area contributed by atoms with Gasteiger partial charge in [0.25, 0.3) is 5.56 Å². The van der Waals surface area contributed by atoms with Crippen LogP contribution in [-0.4, -0.2) is 68.5 Å². The van der Waals surface area contributed by atoms with Crippen LogP contribution in [0.15, 0.2) is 29.1 Å². The lowest BCUT2D eigenvalue weighted by molar-refractivity contribution is -0.149. The average molecular weight is 481 g/mol.